The van der Waals surface area contributed by atoms with E-state index in [4.69, 9.17) is 4.74 Å². The molecule has 1 aliphatic rings. The van der Waals surface area contributed by atoms with Gasteiger partial charge in [-0.2, -0.15) is 0 Å². The van der Waals surface area contributed by atoms with Gasteiger partial charge in [0, 0.05) is 6.04 Å². The van der Waals surface area contributed by atoms with Crippen molar-refractivity contribution in [2.75, 3.05) is 26.3 Å². The van der Waals surface area contributed by atoms with Gasteiger partial charge in [0.15, 0.2) is 0 Å². The minimum atomic E-state index is -0.533. The molecule has 0 aromatic heterocycles. The lowest BCUT2D eigenvalue weighted by Crippen LogP contribution is -2.44. The fraction of sp³-hybridized carbons (Fsp3) is 0.923. The zero-order chi connectivity index (χ0) is 13.6. The van der Waals surface area contributed by atoms with Crippen molar-refractivity contribution < 1.29 is 13.9 Å². The first-order chi connectivity index (χ1) is 8.44. The molecule has 0 bridgehead atoms. The van der Waals surface area contributed by atoms with Crippen LogP contribution in [-0.2, 0) is 4.74 Å². The van der Waals surface area contributed by atoms with Gasteiger partial charge in [0.1, 0.15) is 12.3 Å². The lowest BCUT2D eigenvalue weighted by Gasteiger charge is -2.32. The Balaban J connectivity index is 2.64. The zero-order valence-electron chi connectivity index (χ0n) is 11.7. The van der Waals surface area contributed by atoms with Gasteiger partial charge in [0.05, 0.1) is 6.54 Å². The minimum Gasteiger partial charge on any atom is -0.444 e. The van der Waals surface area contributed by atoms with Crippen LogP contribution in [0.1, 0.15) is 40.0 Å². The van der Waals surface area contributed by atoms with Crippen molar-refractivity contribution in [3.05, 3.63) is 0 Å². The first-order valence-electron chi connectivity index (χ1n) is 6.70. The maximum Gasteiger partial charge on any atom is 0.410 e. The molecule has 106 valence electrons. The molecule has 1 heterocycles. The van der Waals surface area contributed by atoms with Crippen molar-refractivity contribution in [1.29, 1.82) is 0 Å². The molecular formula is C13H25FN2O2. The standard InChI is InChI=1S/C13H25FN2O2/c1-13(2,3)18-12(17)16(10-7-14)11-5-4-8-15-9-6-11/h11,15H,4-10H2,1-3H3. The third-order valence-electron chi connectivity index (χ3n) is 2.94. The second-order valence-corrected chi connectivity index (χ2v) is 5.70. The Kier molecular flexibility index (Phi) is 5.85. The molecule has 1 atom stereocenters. The van der Waals surface area contributed by atoms with Crippen molar-refractivity contribution in [2.45, 2.75) is 51.7 Å². The first-order valence-corrected chi connectivity index (χ1v) is 6.70. The van der Waals surface area contributed by atoms with Gasteiger partial charge in [-0.1, -0.05) is 0 Å². The molecule has 1 fully saturated rings. The van der Waals surface area contributed by atoms with Gasteiger partial charge in [-0.25, -0.2) is 9.18 Å². The Labute approximate surface area is 109 Å². The van der Waals surface area contributed by atoms with Crippen LogP contribution in [0.25, 0.3) is 0 Å². The second kappa shape index (κ2) is 6.92. The summed E-state index contributed by atoms with van der Waals surface area (Å²) in [5.74, 6) is 0. The Hall–Kier alpha value is -0.840. The van der Waals surface area contributed by atoms with Crippen LogP contribution in [0.5, 0.6) is 0 Å². The normalized spacial score (nSPS) is 21.2. The van der Waals surface area contributed by atoms with Gasteiger partial charge in [-0.05, 0) is 53.1 Å². The highest BCUT2D eigenvalue weighted by Gasteiger charge is 2.28. The van der Waals surface area contributed by atoms with Crippen LogP contribution in [-0.4, -0.2) is 48.9 Å². The van der Waals surface area contributed by atoms with Gasteiger partial charge in [0.2, 0.25) is 0 Å². The van der Waals surface area contributed by atoms with Crippen LogP contribution < -0.4 is 5.32 Å². The monoisotopic (exact) mass is 260 g/mol. The van der Waals surface area contributed by atoms with E-state index in [1.165, 1.54) is 0 Å². The summed E-state index contributed by atoms with van der Waals surface area (Å²) in [6.45, 7) is 6.92. The number of amides is 1. The van der Waals surface area contributed by atoms with Gasteiger partial charge >= 0.3 is 6.09 Å². The second-order valence-electron chi connectivity index (χ2n) is 5.70. The summed E-state index contributed by atoms with van der Waals surface area (Å²) in [5, 5.41) is 3.29. The van der Waals surface area contributed by atoms with Crippen molar-refractivity contribution in [3.63, 3.8) is 0 Å². The van der Waals surface area contributed by atoms with E-state index in [9.17, 15) is 9.18 Å². The van der Waals surface area contributed by atoms with E-state index in [2.05, 4.69) is 5.32 Å². The van der Waals surface area contributed by atoms with Crippen LogP contribution in [0.2, 0.25) is 0 Å². The smallest absolute Gasteiger partial charge is 0.410 e. The van der Waals surface area contributed by atoms with Crippen molar-refractivity contribution in [1.82, 2.24) is 10.2 Å². The van der Waals surface area contributed by atoms with E-state index in [1.54, 1.807) is 4.90 Å². The molecular weight excluding hydrogens is 235 g/mol. The van der Waals surface area contributed by atoms with Crippen molar-refractivity contribution in [2.24, 2.45) is 0 Å². The molecule has 0 aromatic rings. The number of alkyl halides is 1. The summed E-state index contributed by atoms with van der Waals surface area (Å²) in [6.07, 6.45) is 2.38. The summed E-state index contributed by atoms with van der Waals surface area (Å²) in [6, 6.07) is 0.0885. The number of nitrogens with zero attached hydrogens (tertiary/aromatic N) is 1. The number of halogens is 1. The summed E-state index contributed by atoms with van der Waals surface area (Å²) >= 11 is 0. The molecule has 0 aliphatic carbocycles. The molecule has 1 saturated heterocycles. The van der Waals surface area contributed by atoms with Crippen LogP contribution >= 0.6 is 0 Å². The Morgan fingerprint density at radius 3 is 2.72 bits per heavy atom. The predicted octanol–water partition coefficient (Wildman–Crippen LogP) is 2.34. The number of hydrogen-bond acceptors (Lipinski definition) is 3. The summed E-state index contributed by atoms with van der Waals surface area (Å²) in [7, 11) is 0. The number of hydrogen-bond donors (Lipinski definition) is 1. The number of nitrogens with one attached hydrogen (secondary N) is 1. The number of carbonyl (C=O) groups is 1. The summed E-state index contributed by atoms with van der Waals surface area (Å²) in [5.41, 5.74) is -0.533. The summed E-state index contributed by atoms with van der Waals surface area (Å²) < 4.78 is 18.0. The lowest BCUT2D eigenvalue weighted by atomic mass is 10.1. The topological polar surface area (TPSA) is 41.6 Å². The van der Waals surface area contributed by atoms with E-state index in [0.29, 0.717) is 0 Å². The zero-order valence-corrected chi connectivity index (χ0v) is 11.7. The van der Waals surface area contributed by atoms with E-state index in [0.717, 1.165) is 32.4 Å². The van der Waals surface area contributed by atoms with E-state index in [-0.39, 0.29) is 12.6 Å². The van der Waals surface area contributed by atoms with E-state index < -0.39 is 18.4 Å². The van der Waals surface area contributed by atoms with E-state index in [1.807, 2.05) is 20.8 Å². The maximum absolute atomic E-state index is 12.6. The maximum atomic E-state index is 12.6. The molecule has 4 nitrogen and oxygen atoms in total. The highest BCUT2D eigenvalue weighted by atomic mass is 19.1. The minimum absolute atomic E-state index is 0.0885. The molecule has 1 aliphatic heterocycles. The van der Waals surface area contributed by atoms with Crippen LogP contribution in [0, 0.1) is 0 Å². The quantitative estimate of drug-likeness (QED) is 0.847. The SMILES string of the molecule is CC(C)(C)OC(=O)N(CCF)C1CCCNCC1. The third kappa shape index (κ3) is 5.21. The number of carbonyl (C=O) groups excluding carboxylic acids is 1. The molecule has 5 heteroatoms. The fourth-order valence-electron chi connectivity index (χ4n) is 2.15. The molecule has 1 unspecified atom stereocenters. The highest BCUT2D eigenvalue weighted by molar-refractivity contribution is 5.68. The Bertz CT molecular complexity index is 258. The lowest BCUT2D eigenvalue weighted by molar-refractivity contribution is 0.0134. The molecule has 0 aromatic carbocycles. The van der Waals surface area contributed by atoms with Crippen LogP contribution in [0.15, 0.2) is 0 Å². The Morgan fingerprint density at radius 1 is 1.39 bits per heavy atom. The predicted molar refractivity (Wildman–Crippen MR) is 69.4 cm³/mol. The molecule has 1 rings (SSSR count). The number of ether oxygens (including phenoxy) is 1. The number of rotatable bonds is 3. The van der Waals surface area contributed by atoms with Crippen molar-refractivity contribution in [3.8, 4) is 0 Å². The molecule has 0 spiro atoms. The third-order valence-corrected chi connectivity index (χ3v) is 2.94. The first kappa shape index (κ1) is 15.2. The Morgan fingerprint density at radius 2 is 2.11 bits per heavy atom. The fourth-order valence-corrected chi connectivity index (χ4v) is 2.15. The largest absolute Gasteiger partial charge is 0.444 e. The molecule has 1 N–H and O–H groups in total. The average molecular weight is 260 g/mol. The molecule has 1 amide bonds. The van der Waals surface area contributed by atoms with Crippen molar-refractivity contribution >= 4 is 6.09 Å². The van der Waals surface area contributed by atoms with E-state index >= 15 is 0 Å². The molecule has 0 saturated carbocycles. The highest BCUT2D eigenvalue weighted by Crippen LogP contribution is 2.17. The molecule has 18 heavy (non-hydrogen) atoms. The van der Waals surface area contributed by atoms with Gasteiger partial charge in [-0.15, -0.1) is 0 Å². The summed E-state index contributed by atoms with van der Waals surface area (Å²) in [4.78, 5) is 13.6. The van der Waals surface area contributed by atoms with Crippen LogP contribution in [0.3, 0.4) is 0 Å². The molecule has 0 radical (unpaired) electrons. The van der Waals surface area contributed by atoms with Gasteiger partial charge < -0.3 is 15.0 Å². The average Bonchev–Trinajstić information content (AvgIpc) is 2.51. The van der Waals surface area contributed by atoms with Gasteiger partial charge in [-0.3, -0.25) is 0 Å². The van der Waals surface area contributed by atoms with Crippen LogP contribution in [0.4, 0.5) is 9.18 Å². The van der Waals surface area contributed by atoms with Gasteiger partial charge in [0.25, 0.3) is 0 Å².